The number of benzene rings is 1. The number of rotatable bonds is 5. The zero-order chi connectivity index (χ0) is 13.7. The summed E-state index contributed by atoms with van der Waals surface area (Å²) in [7, 11) is -3.59. The van der Waals surface area contributed by atoms with Crippen molar-refractivity contribution in [2.75, 3.05) is 16.6 Å². The van der Waals surface area contributed by atoms with Gasteiger partial charge in [-0.1, -0.05) is 18.2 Å². The van der Waals surface area contributed by atoms with E-state index in [0.29, 0.717) is 11.5 Å². The minimum absolute atomic E-state index is 0.137. The molecule has 0 saturated carbocycles. The van der Waals surface area contributed by atoms with Gasteiger partial charge in [0.05, 0.1) is 0 Å². The van der Waals surface area contributed by atoms with Crippen LogP contribution >= 0.6 is 0 Å². The third kappa shape index (κ3) is 3.45. The van der Waals surface area contributed by atoms with E-state index in [9.17, 15) is 8.42 Å². The summed E-state index contributed by atoms with van der Waals surface area (Å²) in [6.07, 6.45) is 1.34. The molecule has 5 nitrogen and oxygen atoms in total. The van der Waals surface area contributed by atoms with E-state index in [-0.39, 0.29) is 4.90 Å². The van der Waals surface area contributed by atoms with Crippen LogP contribution in [0.15, 0.2) is 53.6 Å². The fourth-order valence-electron chi connectivity index (χ4n) is 1.55. The van der Waals surface area contributed by atoms with Crippen molar-refractivity contribution < 1.29 is 8.42 Å². The molecule has 19 heavy (non-hydrogen) atoms. The lowest BCUT2D eigenvalue weighted by molar-refractivity contribution is 0.601. The summed E-state index contributed by atoms with van der Waals surface area (Å²) < 4.78 is 26.7. The predicted molar refractivity (Wildman–Crippen MR) is 75.7 cm³/mol. The Labute approximate surface area is 112 Å². The molecule has 0 fully saturated rings. The average molecular weight is 277 g/mol. The molecule has 1 aromatic carbocycles. The number of nitrogens with one attached hydrogen (secondary N) is 2. The van der Waals surface area contributed by atoms with E-state index >= 15 is 0 Å². The first-order valence-electron chi connectivity index (χ1n) is 5.89. The summed E-state index contributed by atoms with van der Waals surface area (Å²) in [6, 6.07) is 11.9. The Morgan fingerprint density at radius 3 is 2.42 bits per heavy atom. The van der Waals surface area contributed by atoms with E-state index in [1.807, 2.05) is 13.0 Å². The topological polar surface area (TPSA) is 71.1 Å². The molecule has 2 aromatic rings. The van der Waals surface area contributed by atoms with Crippen LogP contribution in [0.4, 0.5) is 11.5 Å². The van der Waals surface area contributed by atoms with Gasteiger partial charge >= 0.3 is 0 Å². The van der Waals surface area contributed by atoms with E-state index in [1.165, 1.54) is 12.3 Å². The van der Waals surface area contributed by atoms with Crippen molar-refractivity contribution in [2.45, 2.75) is 11.8 Å². The van der Waals surface area contributed by atoms with Crippen molar-refractivity contribution in [1.82, 2.24) is 4.98 Å². The Hall–Kier alpha value is -2.08. The number of hydrogen-bond acceptors (Lipinski definition) is 4. The molecule has 1 aromatic heterocycles. The van der Waals surface area contributed by atoms with Gasteiger partial charge in [0.15, 0.2) is 0 Å². The molecule has 0 spiro atoms. The summed E-state index contributed by atoms with van der Waals surface area (Å²) in [5, 5.41) is 3.01. The minimum Gasteiger partial charge on any atom is -0.370 e. The largest absolute Gasteiger partial charge is 0.370 e. The second-order valence-corrected chi connectivity index (χ2v) is 5.56. The Morgan fingerprint density at radius 2 is 1.84 bits per heavy atom. The molecular weight excluding hydrogens is 262 g/mol. The highest BCUT2D eigenvalue weighted by atomic mass is 32.2. The molecular formula is C13H15N3O2S. The number of para-hydroxylation sites is 1. The molecule has 0 bridgehead atoms. The van der Waals surface area contributed by atoms with Gasteiger partial charge in [-0.05, 0) is 31.2 Å². The highest BCUT2D eigenvalue weighted by Gasteiger charge is 2.14. The van der Waals surface area contributed by atoms with Crippen LogP contribution in [0.5, 0.6) is 0 Å². The zero-order valence-electron chi connectivity index (χ0n) is 10.5. The second-order valence-electron chi connectivity index (χ2n) is 3.88. The van der Waals surface area contributed by atoms with Crippen molar-refractivity contribution >= 4 is 21.5 Å². The highest BCUT2D eigenvalue weighted by molar-refractivity contribution is 7.92. The van der Waals surface area contributed by atoms with Crippen LogP contribution in [0.25, 0.3) is 0 Å². The molecule has 0 aliphatic carbocycles. The standard InChI is InChI=1S/C13H15N3O2S/c1-2-14-13-9-8-12(10-15-13)19(17,18)16-11-6-4-3-5-7-11/h3-10,16H,2H2,1H3,(H,14,15). The minimum atomic E-state index is -3.59. The van der Waals surface area contributed by atoms with Gasteiger partial charge in [-0.15, -0.1) is 0 Å². The van der Waals surface area contributed by atoms with Gasteiger partial charge in [-0.25, -0.2) is 13.4 Å². The predicted octanol–water partition coefficient (Wildman–Crippen LogP) is 2.31. The maximum Gasteiger partial charge on any atom is 0.263 e. The number of sulfonamides is 1. The van der Waals surface area contributed by atoms with Gasteiger partial charge < -0.3 is 5.32 Å². The summed E-state index contributed by atoms with van der Waals surface area (Å²) in [4.78, 5) is 4.18. The van der Waals surface area contributed by atoms with E-state index in [2.05, 4.69) is 15.0 Å². The molecule has 0 aliphatic heterocycles. The highest BCUT2D eigenvalue weighted by Crippen LogP contribution is 2.15. The monoisotopic (exact) mass is 277 g/mol. The molecule has 100 valence electrons. The van der Waals surface area contributed by atoms with Gasteiger partial charge in [-0.3, -0.25) is 4.72 Å². The second kappa shape index (κ2) is 5.71. The summed E-state index contributed by atoms with van der Waals surface area (Å²) in [6.45, 7) is 2.69. The lowest BCUT2D eigenvalue weighted by atomic mass is 10.3. The van der Waals surface area contributed by atoms with E-state index in [1.54, 1.807) is 30.3 Å². The summed E-state index contributed by atoms with van der Waals surface area (Å²) in [5.41, 5.74) is 0.526. The zero-order valence-corrected chi connectivity index (χ0v) is 11.3. The maximum atomic E-state index is 12.1. The third-order valence-electron chi connectivity index (χ3n) is 2.43. The normalized spacial score (nSPS) is 11.0. The maximum absolute atomic E-state index is 12.1. The fraction of sp³-hybridized carbons (Fsp3) is 0.154. The Morgan fingerprint density at radius 1 is 1.11 bits per heavy atom. The van der Waals surface area contributed by atoms with Crippen LogP contribution in [0.3, 0.4) is 0 Å². The summed E-state index contributed by atoms with van der Waals surface area (Å²) >= 11 is 0. The van der Waals surface area contributed by atoms with E-state index < -0.39 is 10.0 Å². The van der Waals surface area contributed by atoms with Crippen molar-refractivity contribution in [3.05, 3.63) is 48.7 Å². The van der Waals surface area contributed by atoms with E-state index in [4.69, 9.17) is 0 Å². The van der Waals surface area contributed by atoms with Crippen molar-refractivity contribution in [3.8, 4) is 0 Å². The number of nitrogens with zero attached hydrogens (tertiary/aromatic N) is 1. The van der Waals surface area contributed by atoms with Crippen LogP contribution in [-0.2, 0) is 10.0 Å². The molecule has 0 atom stereocenters. The molecule has 1 heterocycles. The number of hydrogen-bond donors (Lipinski definition) is 2. The SMILES string of the molecule is CCNc1ccc(S(=O)(=O)Nc2ccccc2)cn1. The quantitative estimate of drug-likeness (QED) is 0.879. The lowest BCUT2D eigenvalue weighted by Crippen LogP contribution is -2.13. The lowest BCUT2D eigenvalue weighted by Gasteiger charge is -2.08. The molecule has 0 radical (unpaired) electrons. The molecule has 0 unspecified atom stereocenters. The van der Waals surface area contributed by atoms with Crippen LogP contribution in [0.1, 0.15) is 6.92 Å². The third-order valence-corrected chi connectivity index (χ3v) is 3.80. The molecule has 6 heteroatoms. The van der Waals surface area contributed by atoms with Crippen LogP contribution in [-0.4, -0.2) is 19.9 Å². The van der Waals surface area contributed by atoms with Gasteiger partial charge in [-0.2, -0.15) is 0 Å². The van der Waals surface area contributed by atoms with Crippen LogP contribution < -0.4 is 10.0 Å². The van der Waals surface area contributed by atoms with Crippen molar-refractivity contribution in [1.29, 1.82) is 0 Å². The molecule has 2 rings (SSSR count). The Bertz CT molecular complexity index is 625. The average Bonchev–Trinajstić information content (AvgIpc) is 2.40. The van der Waals surface area contributed by atoms with Crippen molar-refractivity contribution in [2.24, 2.45) is 0 Å². The number of aromatic nitrogens is 1. The molecule has 2 N–H and O–H groups in total. The number of anilines is 2. The van der Waals surface area contributed by atoms with Crippen LogP contribution in [0, 0.1) is 0 Å². The van der Waals surface area contributed by atoms with Gasteiger partial charge in [0.25, 0.3) is 10.0 Å². The van der Waals surface area contributed by atoms with Crippen LogP contribution in [0.2, 0.25) is 0 Å². The smallest absolute Gasteiger partial charge is 0.263 e. The van der Waals surface area contributed by atoms with Gasteiger partial charge in [0, 0.05) is 18.4 Å². The van der Waals surface area contributed by atoms with E-state index in [0.717, 1.165) is 6.54 Å². The van der Waals surface area contributed by atoms with Crippen molar-refractivity contribution in [3.63, 3.8) is 0 Å². The number of pyridine rings is 1. The Balaban J connectivity index is 2.20. The fourth-order valence-corrected chi connectivity index (χ4v) is 2.55. The van der Waals surface area contributed by atoms with Gasteiger partial charge in [0.1, 0.15) is 10.7 Å². The molecule has 0 amide bonds. The first kappa shape index (κ1) is 13.4. The molecule has 0 aliphatic rings. The molecule has 0 saturated heterocycles. The van der Waals surface area contributed by atoms with Gasteiger partial charge in [0.2, 0.25) is 0 Å². The Kier molecular flexibility index (Phi) is 4.01. The summed E-state index contributed by atoms with van der Waals surface area (Å²) in [5.74, 6) is 0.654. The first-order valence-corrected chi connectivity index (χ1v) is 7.38. The first-order chi connectivity index (χ1) is 9.12.